The number of ether oxygens (including phenoxy) is 2. The van der Waals surface area contributed by atoms with Crippen molar-refractivity contribution in [2.45, 2.75) is 129 Å². The molecule has 0 N–H and O–H groups in total. The third-order valence-corrected chi connectivity index (χ3v) is 7.64. The first kappa shape index (κ1) is 37.5. The summed E-state index contributed by atoms with van der Waals surface area (Å²) in [5, 5.41) is 0. The van der Waals surface area contributed by atoms with E-state index in [1.807, 2.05) is 21.1 Å². The minimum absolute atomic E-state index is 0.0380. The number of likely N-dealkylation sites (N-methyl/N-ethyl adjacent to an activating group) is 1. The number of rotatable bonds is 28. The fraction of sp³-hybridized carbons (Fsp3) is 0.966. The topological polar surface area (TPSA) is 94.1 Å². The number of carbonyl (C=O) groups is 1. The van der Waals surface area contributed by atoms with E-state index in [-0.39, 0.29) is 25.8 Å². The number of nitrogens with zero attached hydrogens (tertiary/aromatic N) is 1. The van der Waals surface area contributed by atoms with Crippen LogP contribution < -0.4 is 4.89 Å². The van der Waals surface area contributed by atoms with Gasteiger partial charge in [-0.2, -0.15) is 0 Å². The molecule has 0 radical (unpaired) electrons. The van der Waals surface area contributed by atoms with E-state index in [0.29, 0.717) is 17.4 Å². The van der Waals surface area contributed by atoms with Gasteiger partial charge in [0, 0.05) is 13.5 Å². The van der Waals surface area contributed by atoms with Crippen molar-refractivity contribution in [2.24, 2.45) is 0 Å². The summed E-state index contributed by atoms with van der Waals surface area (Å²) >= 11 is 0. The van der Waals surface area contributed by atoms with Crippen LogP contribution >= 0.6 is 7.82 Å². The molecule has 0 saturated heterocycles. The molecule has 0 amide bonds. The molecule has 0 aliphatic rings. The average Bonchev–Trinajstić information content (AvgIpc) is 2.85. The second-order valence-electron chi connectivity index (χ2n) is 11.5. The molecular weight excluding hydrogens is 505 g/mol. The van der Waals surface area contributed by atoms with Crippen LogP contribution in [-0.2, 0) is 27.9 Å². The Morgan fingerprint density at radius 2 is 1.18 bits per heavy atom. The second-order valence-corrected chi connectivity index (χ2v) is 12.9. The van der Waals surface area contributed by atoms with Crippen molar-refractivity contribution in [3.63, 3.8) is 0 Å². The quantitative estimate of drug-likeness (QED) is 0.0446. The van der Waals surface area contributed by atoms with E-state index in [2.05, 4.69) is 6.92 Å². The fourth-order valence-corrected chi connectivity index (χ4v) is 4.80. The first-order valence-corrected chi connectivity index (χ1v) is 16.6. The highest BCUT2D eigenvalue weighted by Gasteiger charge is 2.18. The first-order chi connectivity index (χ1) is 18.1. The number of phosphoric acid groups is 1. The van der Waals surface area contributed by atoms with Crippen LogP contribution in [0.4, 0.5) is 0 Å². The molecule has 1 unspecified atom stereocenters. The normalized spacial score (nSPS) is 14.4. The van der Waals surface area contributed by atoms with Crippen LogP contribution in [0.3, 0.4) is 0 Å². The predicted molar refractivity (Wildman–Crippen MR) is 153 cm³/mol. The molecule has 9 heteroatoms. The third kappa shape index (κ3) is 27.1. The zero-order chi connectivity index (χ0) is 28.5. The number of esters is 1. The van der Waals surface area contributed by atoms with Crippen molar-refractivity contribution >= 4 is 13.8 Å². The van der Waals surface area contributed by atoms with Gasteiger partial charge in [0.25, 0.3) is 7.82 Å². The molecule has 8 nitrogen and oxygen atoms in total. The maximum atomic E-state index is 12.0. The highest BCUT2D eigenvalue weighted by atomic mass is 31.2. The molecule has 0 saturated carbocycles. The van der Waals surface area contributed by atoms with E-state index in [9.17, 15) is 14.3 Å². The van der Waals surface area contributed by atoms with Crippen LogP contribution in [0.2, 0.25) is 0 Å². The average molecular weight is 566 g/mol. The Hall–Kier alpha value is -0.500. The Kier molecular flexibility index (Phi) is 24.0. The van der Waals surface area contributed by atoms with Crippen molar-refractivity contribution in [2.75, 3.05) is 54.6 Å². The molecule has 228 valence electrons. The van der Waals surface area contributed by atoms with E-state index < -0.39 is 13.9 Å². The summed E-state index contributed by atoms with van der Waals surface area (Å²) in [7, 11) is 2.82. The van der Waals surface area contributed by atoms with Gasteiger partial charge in [-0.25, -0.2) is 0 Å². The van der Waals surface area contributed by atoms with Crippen molar-refractivity contribution < 1.29 is 37.3 Å². The summed E-state index contributed by atoms with van der Waals surface area (Å²) in [5.74, 6) is -0.294. The largest absolute Gasteiger partial charge is 0.756 e. The predicted octanol–water partition coefficient (Wildman–Crippen LogP) is 6.79. The molecule has 0 aliphatic heterocycles. The molecule has 0 bridgehead atoms. The van der Waals surface area contributed by atoms with Gasteiger partial charge < -0.3 is 27.9 Å². The van der Waals surface area contributed by atoms with Crippen molar-refractivity contribution in [3.8, 4) is 0 Å². The van der Waals surface area contributed by atoms with E-state index in [0.717, 1.165) is 19.3 Å². The Morgan fingerprint density at radius 3 is 1.61 bits per heavy atom. The first-order valence-electron chi connectivity index (χ1n) is 15.2. The molecule has 0 fully saturated rings. The van der Waals surface area contributed by atoms with Crippen molar-refractivity contribution in [3.05, 3.63) is 0 Å². The minimum Gasteiger partial charge on any atom is -0.756 e. The molecule has 2 atom stereocenters. The zero-order valence-electron chi connectivity index (χ0n) is 25.4. The van der Waals surface area contributed by atoms with Crippen LogP contribution in [0, 0.1) is 0 Å². The summed E-state index contributed by atoms with van der Waals surface area (Å²) in [6.45, 7) is 2.53. The van der Waals surface area contributed by atoms with Gasteiger partial charge in [-0.15, -0.1) is 0 Å². The standard InChI is InChI=1S/C29H60NO7P/c1-6-7-8-9-10-11-12-13-14-15-16-17-18-19-20-21-22-23-29(31)35-26-28(34-5)27-37-38(32,33)36-25-24-30(2,3)4/h28H,6-27H2,1-5H3/t28-/m1/s1. The lowest BCUT2D eigenvalue weighted by Crippen LogP contribution is -2.37. The summed E-state index contributed by atoms with van der Waals surface area (Å²) < 4.78 is 32.6. The zero-order valence-corrected chi connectivity index (χ0v) is 26.3. The Bertz CT molecular complexity index is 598. The molecule has 0 heterocycles. The van der Waals surface area contributed by atoms with Crippen LogP contribution in [0.1, 0.15) is 122 Å². The monoisotopic (exact) mass is 565 g/mol. The lowest BCUT2D eigenvalue weighted by Gasteiger charge is -2.28. The van der Waals surface area contributed by atoms with Crippen LogP contribution in [0.15, 0.2) is 0 Å². The van der Waals surface area contributed by atoms with E-state index >= 15 is 0 Å². The third-order valence-electron chi connectivity index (χ3n) is 6.68. The summed E-state index contributed by atoms with van der Waals surface area (Å²) in [6, 6.07) is 0. The highest BCUT2D eigenvalue weighted by molar-refractivity contribution is 7.45. The van der Waals surface area contributed by atoms with Gasteiger partial charge in [0.2, 0.25) is 0 Å². The maximum absolute atomic E-state index is 12.0. The molecule has 0 aliphatic carbocycles. The number of carbonyl (C=O) groups excluding carboxylic acids is 1. The van der Waals surface area contributed by atoms with Gasteiger partial charge in [0.05, 0.1) is 27.7 Å². The Balaban J connectivity index is 3.60. The smallest absolute Gasteiger partial charge is 0.305 e. The van der Waals surface area contributed by atoms with Crippen LogP contribution in [-0.4, -0.2) is 71.2 Å². The lowest BCUT2D eigenvalue weighted by molar-refractivity contribution is -0.870. The van der Waals surface area contributed by atoms with E-state index in [1.54, 1.807) is 0 Å². The second kappa shape index (κ2) is 24.3. The lowest BCUT2D eigenvalue weighted by atomic mass is 10.0. The van der Waals surface area contributed by atoms with Gasteiger partial charge in [0.15, 0.2) is 0 Å². The van der Waals surface area contributed by atoms with Crippen molar-refractivity contribution in [1.29, 1.82) is 0 Å². The molecule has 0 spiro atoms. The van der Waals surface area contributed by atoms with E-state index in [4.69, 9.17) is 18.5 Å². The number of methoxy groups -OCH3 is 1. The summed E-state index contributed by atoms with van der Waals surface area (Å²) in [5.41, 5.74) is 0. The highest BCUT2D eigenvalue weighted by Crippen LogP contribution is 2.38. The van der Waals surface area contributed by atoms with Crippen molar-refractivity contribution in [1.82, 2.24) is 0 Å². The van der Waals surface area contributed by atoms with Gasteiger partial charge in [-0.05, 0) is 6.42 Å². The van der Waals surface area contributed by atoms with Gasteiger partial charge in [0.1, 0.15) is 25.9 Å². The molecule has 0 aromatic carbocycles. The summed E-state index contributed by atoms with van der Waals surface area (Å²) in [4.78, 5) is 23.9. The van der Waals surface area contributed by atoms with Crippen LogP contribution in [0.25, 0.3) is 0 Å². The van der Waals surface area contributed by atoms with Crippen LogP contribution in [0.5, 0.6) is 0 Å². The van der Waals surface area contributed by atoms with E-state index in [1.165, 1.54) is 97.0 Å². The minimum atomic E-state index is -4.42. The Morgan fingerprint density at radius 1 is 0.737 bits per heavy atom. The SMILES string of the molecule is CCCCCCCCCCCCCCCCCCCC(=O)OC[C@H](COP(=O)([O-])OCC[N+](C)(C)C)OC. The van der Waals surface area contributed by atoms with Gasteiger partial charge in [-0.1, -0.05) is 110 Å². The Labute approximate surface area is 234 Å². The fourth-order valence-electron chi connectivity index (χ4n) is 4.07. The van der Waals surface area contributed by atoms with Gasteiger partial charge >= 0.3 is 5.97 Å². The molecule has 0 rings (SSSR count). The number of unbranched alkanes of at least 4 members (excludes halogenated alkanes) is 16. The number of quaternary nitrogens is 1. The molecule has 0 aromatic rings. The number of hydrogen-bond acceptors (Lipinski definition) is 7. The van der Waals surface area contributed by atoms with Gasteiger partial charge in [-0.3, -0.25) is 9.36 Å². The number of hydrogen-bond donors (Lipinski definition) is 0. The number of phosphoric ester groups is 1. The molecular formula is C29H60NO7P. The molecule has 38 heavy (non-hydrogen) atoms. The molecule has 0 aromatic heterocycles. The summed E-state index contributed by atoms with van der Waals surface area (Å²) in [6.07, 6.45) is 21.8. The maximum Gasteiger partial charge on any atom is 0.305 e.